The van der Waals surface area contributed by atoms with Crippen molar-refractivity contribution in [2.45, 2.75) is 38.3 Å². The number of para-hydroxylation sites is 1. The molecule has 3 aromatic heterocycles. The van der Waals surface area contributed by atoms with E-state index in [4.69, 9.17) is 5.10 Å². The molecule has 148 valence electrons. The Balaban J connectivity index is 1.51. The Morgan fingerprint density at radius 1 is 0.897 bits per heavy atom. The van der Waals surface area contributed by atoms with E-state index < -0.39 is 0 Å². The molecule has 0 radical (unpaired) electrons. The van der Waals surface area contributed by atoms with Crippen LogP contribution >= 0.6 is 22.7 Å². The van der Waals surface area contributed by atoms with Crippen molar-refractivity contribution in [2.75, 3.05) is 6.54 Å². The fourth-order valence-corrected chi connectivity index (χ4v) is 5.88. The Morgan fingerprint density at radius 3 is 2.55 bits per heavy atom. The van der Waals surface area contributed by atoms with Crippen molar-refractivity contribution in [3.63, 3.8) is 0 Å². The van der Waals surface area contributed by atoms with Crippen molar-refractivity contribution in [3.05, 3.63) is 82.0 Å². The average Bonchev–Trinajstić information content (AvgIpc) is 3.50. The summed E-state index contributed by atoms with van der Waals surface area (Å²) in [5.41, 5.74) is 3.56. The van der Waals surface area contributed by atoms with E-state index in [1.165, 1.54) is 41.0 Å². The smallest absolute Gasteiger partial charge is 0.107 e. The van der Waals surface area contributed by atoms with Crippen molar-refractivity contribution in [3.8, 4) is 16.3 Å². The average molecular weight is 420 g/mol. The number of thiophene rings is 2. The second-order valence-electron chi connectivity index (χ2n) is 7.61. The second-order valence-corrected chi connectivity index (χ2v) is 9.54. The minimum absolute atomic E-state index is 0.522. The molecule has 5 heteroatoms. The first-order valence-corrected chi connectivity index (χ1v) is 12.1. The quantitative estimate of drug-likeness (QED) is 0.355. The number of likely N-dealkylation sites (tertiary alicyclic amines) is 1. The van der Waals surface area contributed by atoms with E-state index in [2.05, 4.69) is 76.5 Å². The van der Waals surface area contributed by atoms with Gasteiger partial charge in [-0.1, -0.05) is 43.2 Å². The van der Waals surface area contributed by atoms with E-state index in [1.54, 1.807) is 11.3 Å². The van der Waals surface area contributed by atoms with Gasteiger partial charge in [0.25, 0.3) is 0 Å². The molecule has 5 rings (SSSR count). The monoisotopic (exact) mass is 419 g/mol. The summed E-state index contributed by atoms with van der Waals surface area (Å²) in [6.45, 7) is 2.10. The van der Waals surface area contributed by atoms with Crippen LogP contribution in [0, 0.1) is 0 Å². The first-order chi connectivity index (χ1) is 14.4. The molecule has 0 amide bonds. The Kier molecular flexibility index (Phi) is 5.61. The molecule has 4 aromatic rings. The summed E-state index contributed by atoms with van der Waals surface area (Å²) in [4.78, 5) is 5.43. The Hall–Kier alpha value is -2.21. The van der Waals surface area contributed by atoms with Gasteiger partial charge in [0.2, 0.25) is 0 Å². The van der Waals surface area contributed by atoms with Crippen LogP contribution in [0.3, 0.4) is 0 Å². The van der Waals surface area contributed by atoms with E-state index in [1.807, 2.05) is 16.0 Å². The standard InChI is InChI=1S/C24H25N3S2/c1-3-9-20(10-4-1)27-18-19(24(25-27)23-13-8-16-29-23)17-26-14-6-2-5-11-21(26)22-12-7-15-28-22/h1,3-4,7-10,12-13,15-16,18,21H,2,5-6,11,14,17H2. The lowest BCUT2D eigenvalue weighted by molar-refractivity contribution is 0.195. The van der Waals surface area contributed by atoms with Gasteiger partial charge in [-0.05, 0) is 54.4 Å². The Morgan fingerprint density at radius 2 is 1.76 bits per heavy atom. The summed E-state index contributed by atoms with van der Waals surface area (Å²) in [5, 5.41) is 9.35. The number of rotatable bonds is 5. The van der Waals surface area contributed by atoms with Gasteiger partial charge in [0.05, 0.1) is 10.6 Å². The van der Waals surface area contributed by atoms with E-state index in [0.29, 0.717) is 6.04 Å². The molecule has 1 atom stereocenters. The van der Waals surface area contributed by atoms with E-state index >= 15 is 0 Å². The molecule has 1 unspecified atom stereocenters. The molecule has 1 saturated heterocycles. The van der Waals surface area contributed by atoms with Crippen molar-refractivity contribution in [1.82, 2.24) is 14.7 Å². The first-order valence-electron chi connectivity index (χ1n) is 10.3. The summed E-state index contributed by atoms with van der Waals surface area (Å²) >= 11 is 3.67. The third-order valence-corrected chi connectivity index (χ3v) is 7.52. The molecule has 0 saturated carbocycles. The minimum Gasteiger partial charge on any atom is -0.291 e. The topological polar surface area (TPSA) is 21.1 Å². The maximum atomic E-state index is 5.00. The predicted octanol–water partition coefficient (Wildman–Crippen LogP) is 6.78. The normalized spacial score (nSPS) is 18.0. The fourth-order valence-electron chi connectivity index (χ4n) is 4.24. The summed E-state index contributed by atoms with van der Waals surface area (Å²) in [7, 11) is 0. The largest absolute Gasteiger partial charge is 0.291 e. The molecular weight excluding hydrogens is 394 g/mol. The van der Waals surface area contributed by atoms with Gasteiger partial charge in [0, 0.05) is 29.2 Å². The molecule has 3 nitrogen and oxygen atoms in total. The highest BCUT2D eigenvalue weighted by Gasteiger charge is 2.25. The van der Waals surface area contributed by atoms with Crippen LogP contribution in [0.5, 0.6) is 0 Å². The van der Waals surface area contributed by atoms with E-state index in [9.17, 15) is 0 Å². The number of benzene rings is 1. The highest BCUT2D eigenvalue weighted by Crippen LogP contribution is 2.36. The lowest BCUT2D eigenvalue weighted by Crippen LogP contribution is -2.27. The molecule has 29 heavy (non-hydrogen) atoms. The highest BCUT2D eigenvalue weighted by atomic mass is 32.1. The molecule has 0 N–H and O–H groups in total. The van der Waals surface area contributed by atoms with Crippen LogP contribution in [0.15, 0.2) is 71.6 Å². The van der Waals surface area contributed by atoms with Gasteiger partial charge in [0.1, 0.15) is 5.69 Å². The van der Waals surface area contributed by atoms with Crippen LogP contribution in [0.25, 0.3) is 16.3 Å². The SMILES string of the molecule is c1ccc(-n2cc(CN3CCCCCC3c3cccs3)c(-c3cccs3)n2)cc1. The molecule has 0 spiro atoms. The molecule has 1 aliphatic heterocycles. The Bertz CT molecular complexity index is 1020. The lowest BCUT2D eigenvalue weighted by Gasteiger charge is -2.29. The van der Waals surface area contributed by atoms with Gasteiger partial charge < -0.3 is 0 Å². The van der Waals surface area contributed by atoms with Gasteiger partial charge >= 0.3 is 0 Å². The molecule has 4 heterocycles. The fraction of sp³-hybridized carbons (Fsp3) is 0.292. The third kappa shape index (κ3) is 4.08. The maximum Gasteiger partial charge on any atom is 0.107 e. The van der Waals surface area contributed by atoms with E-state index in [0.717, 1.165) is 24.5 Å². The van der Waals surface area contributed by atoms with Crippen LogP contribution in [0.4, 0.5) is 0 Å². The molecular formula is C24H25N3S2. The summed E-state index contributed by atoms with van der Waals surface area (Å²) in [6, 6.07) is 19.8. The van der Waals surface area contributed by atoms with Crippen LogP contribution in [-0.2, 0) is 6.54 Å². The molecule has 1 fully saturated rings. The molecule has 0 bridgehead atoms. The zero-order chi connectivity index (χ0) is 19.5. The molecule has 1 aromatic carbocycles. The highest BCUT2D eigenvalue weighted by molar-refractivity contribution is 7.13. The zero-order valence-corrected chi connectivity index (χ0v) is 18.0. The number of aromatic nitrogens is 2. The van der Waals surface area contributed by atoms with Crippen molar-refractivity contribution in [1.29, 1.82) is 0 Å². The minimum atomic E-state index is 0.522. The van der Waals surface area contributed by atoms with Crippen LogP contribution in [0.1, 0.15) is 42.2 Å². The van der Waals surface area contributed by atoms with Gasteiger partial charge in [-0.25, -0.2) is 4.68 Å². The summed E-state index contributed by atoms with van der Waals surface area (Å²) in [5.74, 6) is 0. The first kappa shape index (κ1) is 18.8. The van der Waals surface area contributed by atoms with Gasteiger partial charge in [-0.3, -0.25) is 4.90 Å². The van der Waals surface area contributed by atoms with Crippen molar-refractivity contribution in [2.24, 2.45) is 0 Å². The molecule has 0 aliphatic carbocycles. The van der Waals surface area contributed by atoms with Gasteiger partial charge in [-0.15, -0.1) is 22.7 Å². The number of hydrogen-bond acceptors (Lipinski definition) is 4. The number of nitrogens with zero attached hydrogens (tertiary/aromatic N) is 3. The third-order valence-electron chi connectivity index (χ3n) is 5.67. The van der Waals surface area contributed by atoms with E-state index in [-0.39, 0.29) is 0 Å². The summed E-state index contributed by atoms with van der Waals surface area (Å²) in [6.07, 6.45) is 7.42. The molecule has 1 aliphatic rings. The second kappa shape index (κ2) is 8.66. The van der Waals surface area contributed by atoms with Crippen molar-refractivity contribution < 1.29 is 0 Å². The van der Waals surface area contributed by atoms with Crippen LogP contribution in [-0.4, -0.2) is 21.2 Å². The Labute approximate surface area is 180 Å². The number of hydrogen-bond donors (Lipinski definition) is 0. The van der Waals surface area contributed by atoms with Gasteiger partial charge in [-0.2, -0.15) is 5.10 Å². The zero-order valence-electron chi connectivity index (χ0n) is 16.4. The van der Waals surface area contributed by atoms with Crippen LogP contribution < -0.4 is 0 Å². The lowest BCUT2D eigenvalue weighted by atomic mass is 10.1. The van der Waals surface area contributed by atoms with Crippen LogP contribution in [0.2, 0.25) is 0 Å². The van der Waals surface area contributed by atoms with Gasteiger partial charge in [0.15, 0.2) is 0 Å². The summed E-state index contributed by atoms with van der Waals surface area (Å²) < 4.78 is 2.04. The maximum absolute atomic E-state index is 5.00. The predicted molar refractivity (Wildman–Crippen MR) is 123 cm³/mol. The van der Waals surface area contributed by atoms with Crippen molar-refractivity contribution >= 4 is 22.7 Å².